The van der Waals surface area contributed by atoms with Crippen LogP contribution in [0.5, 0.6) is 5.75 Å². The smallest absolute Gasteiger partial charge is 0.340 e. The minimum absolute atomic E-state index is 0.356. The topological polar surface area (TPSA) is 47.6 Å². The van der Waals surface area contributed by atoms with Crippen LogP contribution in [-0.2, 0) is 4.74 Å². The maximum atomic E-state index is 11.8. The van der Waals surface area contributed by atoms with Gasteiger partial charge in [0.2, 0.25) is 0 Å². The lowest BCUT2D eigenvalue weighted by molar-refractivity contribution is 0.0601. The highest BCUT2D eigenvalue weighted by molar-refractivity contribution is 9.10. The molecule has 24 heavy (non-hydrogen) atoms. The van der Waals surface area contributed by atoms with Gasteiger partial charge in [0.05, 0.1) is 19.3 Å². The Kier molecular flexibility index (Phi) is 6.67. The number of carbonyl (C=O) groups is 1. The highest BCUT2D eigenvalue weighted by Gasteiger charge is 2.12. The van der Waals surface area contributed by atoms with E-state index in [1.807, 2.05) is 44.2 Å². The van der Waals surface area contributed by atoms with Crippen LogP contribution < -0.4 is 10.1 Å². The van der Waals surface area contributed by atoms with Gasteiger partial charge in [0.25, 0.3) is 0 Å². The van der Waals surface area contributed by atoms with E-state index in [0.29, 0.717) is 18.7 Å². The fraction of sp³-hybridized carbons (Fsp3) is 0.316. The van der Waals surface area contributed by atoms with E-state index in [-0.39, 0.29) is 5.97 Å². The molecule has 0 aliphatic heterocycles. The van der Waals surface area contributed by atoms with Crippen molar-refractivity contribution < 1.29 is 14.3 Å². The van der Waals surface area contributed by atoms with Crippen molar-refractivity contribution in [2.75, 3.05) is 25.6 Å². The zero-order chi connectivity index (χ0) is 17.5. The lowest BCUT2D eigenvalue weighted by Crippen LogP contribution is -2.12. The summed E-state index contributed by atoms with van der Waals surface area (Å²) in [5, 5.41) is 3.27. The number of benzene rings is 2. The Labute approximate surface area is 151 Å². The molecule has 0 atom stereocenters. The SMILES string of the molecule is COC(=O)c1cc(Br)ccc1NCCCOc1c(C)cccc1C. The Balaban J connectivity index is 1.88. The summed E-state index contributed by atoms with van der Waals surface area (Å²) in [6.45, 7) is 5.41. The number of ether oxygens (including phenoxy) is 2. The summed E-state index contributed by atoms with van der Waals surface area (Å²) in [4.78, 5) is 11.8. The van der Waals surface area contributed by atoms with Crippen molar-refractivity contribution in [3.8, 4) is 5.75 Å². The number of aryl methyl sites for hydroxylation is 2. The largest absolute Gasteiger partial charge is 0.493 e. The lowest BCUT2D eigenvalue weighted by atomic mass is 10.1. The number of nitrogens with one attached hydrogen (secondary N) is 1. The van der Waals surface area contributed by atoms with Crippen molar-refractivity contribution in [3.63, 3.8) is 0 Å². The van der Waals surface area contributed by atoms with Gasteiger partial charge >= 0.3 is 5.97 Å². The summed E-state index contributed by atoms with van der Waals surface area (Å²) >= 11 is 3.37. The van der Waals surface area contributed by atoms with E-state index in [0.717, 1.165) is 33.5 Å². The van der Waals surface area contributed by atoms with Crippen LogP contribution in [0.15, 0.2) is 40.9 Å². The fourth-order valence-electron chi connectivity index (χ4n) is 2.45. The van der Waals surface area contributed by atoms with Crippen molar-refractivity contribution in [1.29, 1.82) is 0 Å². The van der Waals surface area contributed by atoms with Gasteiger partial charge in [0.1, 0.15) is 5.75 Å². The van der Waals surface area contributed by atoms with Gasteiger partial charge in [0, 0.05) is 16.7 Å². The predicted molar refractivity (Wildman–Crippen MR) is 100.0 cm³/mol. The summed E-state index contributed by atoms with van der Waals surface area (Å²) in [6, 6.07) is 11.6. The molecule has 0 aromatic heterocycles. The van der Waals surface area contributed by atoms with Crippen LogP contribution in [0.3, 0.4) is 0 Å². The number of hydrogen-bond donors (Lipinski definition) is 1. The third-order valence-corrected chi connectivity index (χ3v) is 4.17. The second-order valence-electron chi connectivity index (χ2n) is 5.53. The molecular weight excluding hydrogens is 370 g/mol. The van der Waals surface area contributed by atoms with Crippen molar-refractivity contribution in [2.45, 2.75) is 20.3 Å². The third kappa shape index (κ3) is 4.74. The minimum Gasteiger partial charge on any atom is -0.493 e. The summed E-state index contributed by atoms with van der Waals surface area (Å²) < 4.78 is 11.5. The molecule has 2 aromatic rings. The molecule has 0 unspecified atom stereocenters. The van der Waals surface area contributed by atoms with Crippen molar-refractivity contribution >= 4 is 27.6 Å². The first-order valence-electron chi connectivity index (χ1n) is 7.83. The number of rotatable bonds is 7. The fourth-order valence-corrected chi connectivity index (χ4v) is 2.81. The first-order chi connectivity index (χ1) is 11.5. The average molecular weight is 392 g/mol. The van der Waals surface area contributed by atoms with Crippen LogP contribution in [0.25, 0.3) is 0 Å². The number of methoxy groups -OCH3 is 1. The molecule has 0 amide bonds. The summed E-state index contributed by atoms with van der Waals surface area (Å²) in [6.07, 6.45) is 0.824. The molecule has 0 heterocycles. The quantitative estimate of drug-likeness (QED) is 0.547. The van der Waals surface area contributed by atoms with Gasteiger partial charge in [-0.15, -0.1) is 0 Å². The van der Waals surface area contributed by atoms with Crippen LogP contribution in [-0.4, -0.2) is 26.2 Å². The Bertz CT molecular complexity index is 696. The number of halogens is 1. The van der Waals surface area contributed by atoms with Gasteiger partial charge in [-0.25, -0.2) is 4.79 Å². The van der Waals surface area contributed by atoms with Crippen LogP contribution >= 0.6 is 15.9 Å². The average Bonchev–Trinajstić information content (AvgIpc) is 2.57. The minimum atomic E-state index is -0.356. The van der Waals surface area contributed by atoms with Crippen molar-refractivity contribution in [3.05, 3.63) is 57.6 Å². The molecular formula is C19H22BrNO3. The van der Waals surface area contributed by atoms with Crippen molar-refractivity contribution in [2.24, 2.45) is 0 Å². The van der Waals surface area contributed by atoms with E-state index in [9.17, 15) is 4.79 Å². The monoisotopic (exact) mass is 391 g/mol. The summed E-state index contributed by atoms with van der Waals surface area (Å²) in [5.41, 5.74) is 3.56. The second kappa shape index (κ2) is 8.73. The number of para-hydroxylation sites is 1. The zero-order valence-electron chi connectivity index (χ0n) is 14.2. The molecule has 5 heteroatoms. The highest BCUT2D eigenvalue weighted by Crippen LogP contribution is 2.23. The zero-order valence-corrected chi connectivity index (χ0v) is 15.8. The maximum Gasteiger partial charge on any atom is 0.340 e. The molecule has 0 bridgehead atoms. The molecule has 0 fully saturated rings. The molecule has 0 saturated carbocycles. The van der Waals surface area contributed by atoms with Gasteiger partial charge in [-0.2, -0.15) is 0 Å². The van der Waals surface area contributed by atoms with Crippen LogP contribution in [0.1, 0.15) is 27.9 Å². The Morgan fingerprint density at radius 2 is 1.88 bits per heavy atom. The second-order valence-corrected chi connectivity index (χ2v) is 6.45. The standard InChI is InChI=1S/C19H22BrNO3/c1-13-6-4-7-14(2)18(13)24-11-5-10-21-17-9-8-15(20)12-16(17)19(22)23-3/h4,6-9,12,21H,5,10-11H2,1-3H3. The van der Waals surface area contributed by atoms with E-state index in [4.69, 9.17) is 9.47 Å². The highest BCUT2D eigenvalue weighted by atomic mass is 79.9. The van der Waals surface area contributed by atoms with E-state index in [2.05, 4.69) is 21.2 Å². The molecule has 0 saturated heterocycles. The van der Waals surface area contributed by atoms with Crippen LogP contribution in [0.4, 0.5) is 5.69 Å². The Morgan fingerprint density at radius 1 is 1.17 bits per heavy atom. The van der Waals surface area contributed by atoms with E-state index < -0.39 is 0 Å². The first kappa shape index (κ1) is 18.3. The number of hydrogen-bond acceptors (Lipinski definition) is 4. The molecule has 0 spiro atoms. The van der Waals surface area contributed by atoms with Crippen LogP contribution in [0.2, 0.25) is 0 Å². The number of esters is 1. The first-order valence-corrected chi connectivity index (χ1v) is 8.63. The molecule has 0 aliphatic carbocycles. The summed E-state index contributed by atoms with van der Waals surface area (Å²) in [5.74, 6) is 0.599. The van der Waals surface area contributed by atoms with E-state index >= 15 is 0 Å². The van der Waals surface area contributed by atoms with Gasteiger partial charge in [-0.1, -0.05) is 34.1 Å². The van der Waals surface area contributed by atoms with Gasteiger partial charge in [-0.3, -0.25) is 0 Å². The molecule has 128 valence electrons. The molecule has 2 rings (SSSR count). The molecule has 0 aliphatic rings. The molecule has 2 aromatic carbocycles. The van der Waals surface area contributed by atoms with Gasteiger partial charge in [-0.05, 0) is 49.6 Å². The van der Waals surface area contributed by atoms with E-state index in [1.54, 1.807) is 6.07 Å². The Hall–Kier alpha value is -2.01. The number of anilines is 1. The van der Waals surface area contributed by atoms with E-state index in [1.165, 1.54) is 7.11 Å². The molecule has 1 N–H and O–H groups in total. The van der Waals surface area contributed by atoms with Gasteiger partial charge < -0.3 is 14.8 Å². The van der Waals surface area contributed by atoms with Crippen molar-refractivity contribution in [1.82, 2.24) is 0 Å². The molecule has 0 radical (unpaired) electrons. The normalized spacial score (nSPS) is 10.3. The van der Waals surface area contributed by atoms with Gasteiger partial charge in [0.15, 0.2) is 0 Å². The molecule has 4 nitrogen and oxygen atoms in total. The third-order valence-electron chi connectivity index (χ3n) is 3.68. The lowest BCUT2D eigenvalue weighted by Gasteiger charge is -2.13. The summed E-state index contributed by atoms with van der Waals surface area (Å²) in [7, 11) is 1.38. The maximum absolute atomic E-state index is 11.8. The number of carbonyl (C=O) groups excluding carboxylic acids is 1. The van der Waals surface area contributed by atoms with Crippen LogP contribution in [0, 0.1) is 13.8 Å². The Morgan fingerprint density at radius 3 is 2.54 bits per heavy atom. The predicted octanol–water partition coefficient (Wildman–Crippen LogP) is 4.73.